The van der Waals surface area contributed by atoms with Gasteiger partial charge in [0.15, 0.2) is 10.9 Å². The highest BCUT2D eigenvalue weighted by Crippen LogP contribution is 2.42. The topological polar surface area (TPSA) is 179 Å². The molecule has 4 heterocycles. The number of rotatable bonds is 21. The second-order valence-corrected chi connectivity index (χ2v) is 20.4. The Morgan fingerprint density at radius 3 is 2.33 bits per heavy atom. The van der Waals surface area contributed by atoms with Crippen molar-refractivity contribution in [1.82, 2.24) is 25.5 Å². The van der Waals surface area contributed by atoms with Crippen LogP contribution >= 0.6 is 23.6 Å². The van der Waals surface area contributed by atoms with Crippen molar-refractivity contribution >= 4 is 63.7 Å². The molecular weight excluding hydrogens is 977 g/mol. The van der Waals surface area contributed by atoms with E-state index in [0.29, 0.717) is 80.6 Å². The van der Waals surface area contributed by atoms with Crippen molar-refractivity contribution in [2.45, 2.75) is 117 Å². The number of likely N-dealkylation sites (tertiary alicyclic amines) is 1. The van der Waals surface area contributed by atoms with Crippen LogP contribution in [-0.2, 0) is 41.4 Å². The van der Waals surface area contributed by atoms with E-state index in [1.165, 1.54) is 31.0 Å². The van der Waals surface area contributed by atoms with Crippen molar-refractivity contribution in [2.75, 3.05) is 49.4 Å². The lowest BCUT2D eigenvalue weighted by atomic mass is 9.85. The molecule has 4 amide bonds. The first kappa shape index (κ1) is 55.2. The monoisotopic (exact) mass is 1040 g/mol. The number of anilines is 2. The Labute approximate surface area is 426 Å². The number of nitrogens with one attached hydrogen (secondary N) is 2. The molecule has 2 aromatic heterocycles. The number of aromatic nitrogens is 2. The summed E-state index contributed by atoms with van der Waals surface area (Å²) in [5, 5.41) is 14.8. The van der Waals surface area contributed by atoms with E-state index in [2.05, 4.69) is 20.6 Å². The summed E-state index contributed by atoms with van der Waals surface area (Å²) in [6.07, 6.45) is 0.237. The number of ether oxygens (including phenoxy) is 3. The number of hydrogen-bond acceptors (Lipinski definition) is 12. The number of carbonyl (C=O) groups excluding carboxylic acids is 4. The number of carbonyl (C=O) groups is 4. The molecule has 386 valence electrons. The van der Waals surface area contributed by atoms with Gasteiger partial charge in [0, 0.05) is 38.5 Å². The maximum atomic E-state index is 15.4. The molecule has 15 nitrogen and oxygen atoms in total. The second-order valence-electron chi connectivity index (χ2n) is 19.2. The van der Waals surface area contributed by atoms with Crippen molar-refractivity contribution in [3.8, 4) is 22.4 Å². The first-order valence-corrected chi connectivity index (χ1v) is 25.0. The Morgan fingerprint density at radius 2 is 1.68 bits per heavy atom. The van der Waals surface area contributed by atoms with Crippen LogP contribution in [0.25, 0.3) is 10.4 Å². The molecule has 2 atom stereocenters. The lowest BCUT2D eigenvalue weighted by Crippen LogP contribution is -2.58. The molecule has 0 radical (unpaired) electrons. The van der Waals surface area contributed by atoms with E-state index in [-0.39, 0.29) is 30.1 Å². The fourth-order valence-corrected chi connectivity index (χ4v) is 9.86. The number of nitrogens with zero attached hydrogens (tertiary/aromatic N) is 6. The number of thiocarbonyl (C=S) groups is 1. The van der Waals surface area contributed by atoms with Crippen LogP contribution in [0.15, 0.2) is 54.2 Å². The summed E-state index contributed by atoms with van der Waals surface area (Å²) in [4.78, 5) is 67.4. The minimum atomic E-state index is -5.19. The van der Waals surface area contributed by atoms with Crippen molar-refractivity contribution < 1.29 is 51.0 Å². The number of nitriles is 1. The number of pyridine rings is 1. The van der Waals surface area contributed by atoms with Gasteiger partial charge in [0.1, 0.15) is 29.8 Å². The Balaban J connectivity index is 0.861. The van der Waals surface area contributed by atoms with Gasteiger partial charge in [-0.05, 0) is 113 Å². The van der Waals surface area contributed by atoms with Crippen LogP contribution in [0.4, 0.5) is 28.9 Å². The number of thiazole rings is 1. The average molecular weight is 1040 g/mol. The summed E-state index contributed by atoms with van der Waals surface area (Å²) in [7, 11) is 0. The summed E-state index contributed by atoms with van der Waals surface area (Å²) >= 11 is 7.11. The van der Waals surface area contributed by atoms with Gasteiger partial charge in [-0.2, -0.15) is 18.4 Å². The van der Waals surface area contributed by atoms with Crippen LogP contribution in [0.5, 0.6) is 5.88 Å². The minimum Gasteiger partial charge on any atom is -0.477 e. The summed E-state index contributed by atoms with van der Waals surface area (Å²) in [5.74, 6) is -3.18. The van der Waals surface area contributed by atoms with Crippen molar-refractivity contribution in [1.29, 1.82) is 5.26 Å². The number of unbranched alkanes of at least 4 members (excludes halogenated alkanes) is 2. The molecule has 0 aliphatic carbocycles. The molecule has 4 aromatic rings. The average Bonchev–Trinajstić information content (AvgIpc) is 4.03. The highest BCUT2D eigenvalue weighted by molar-refractivity contribution is 7.81. The Morgan fingerprint density at radius 1 is 0.986 bits per heavy atom. The minimum absolute atomic E-state index is 0.231. The number of amides is 4. The normalized spacial score (nSPS) is 16.2. The van der Waals surface area contributed by atoms with Gasteiger partial charge in [-0.15, -0.1) is 11.3 Å². The third-order valence-electron chi connectivity index (χ3n) is 12.4. The van der Waals surface area contributed by atoms with Crippen LogP contribution in [0.3, 0.4) is 0 Å². The van der Waals surface area contributed by atoms with Gasteiger partial charge in [0.25, 0.3) is 5.91 Å². The van der Waals surface area contributed by atoms with Crippen molar-refractivity contribution in [3.63, 3.8) is 0 Å². The summed E-state index contributed by atoms with van der Waals surface area (Å²) in [6.45, 7) is 14.4. The zero-order chi connectivity index (χ0) is 52.5. The number of aryl methyl sites for hydroxylation is 2. The largest absolute Gasteiger partial charge is 0.477 e. The molecule has 1 unspecified atom stereocenters. The van der Waals surface area contributed by atoms with Crippen LogP contribution in [0.1, 0.15) is 101 Å². The maximum Gasteiger partial charge on any atom is 0.420 e. The Kier molecular flexibility index (Phi) is 18.1. The van der Waals surface area contributed by atoms with Gasteiger partial charge in [-0.3, -0.25) is 24.1 Å². The quantitative estimate of drug-likeness (QED) is 0.0462. The van der Waals surface area contributed by atoms with Gasteiger partial charge in [0.2, 0.25) is 23.6 Å². The first-order valence-electron chi connectivity index (χ1n) is 23.7. The second kappa shape index (κ2) is 23.6. The smallest absolute Gasteiger partial charge is 0.420 e. The highest BCUT2D eigenvalue weighted by Gasteiger charge is 2.52. The van der Waals surface area contributed by atoms with E-state index < -0.39 is 63.7 Å². The van der Waals surface area contributed by atoms with Crippen molar-refractivity contribution in [3.05, 3.63) is 87.9 Å². The highest BCUT2D eigenvalue weighted by atomic mass is 32.1. The summed E-state index contributed by atoms with van der Waals surface area (Å²) < 4.78 is 73.9. The third kappa shape index (κ3) is 12.9. The molecule has 0 bridgehead atoms. The van der Waals surface area contributed by atoms with Crippen LogP contribution in [0.2, 0.25) is 0 Å². The molecule has 0 saturated carbocycles. The molecular formula is C51H60F4N8O7S2. The standard InChI is InChI=1S/C51H60F4N8O7S2/c1-31-25-36(63-48(71)62(47(67)50(63,6)7)37-19-18-35(26-56)40(41(37)52)51(53,54)55)28-58-45(31)70-24-10-8-9-21-68-22-12-23-69-29-39(64)60-43(49(3,4)5)46(66)61-20-11-13-38(61)44(65)57-27-33-14-16-34(17-15-33)42-32(2)59-30-72-42/h14-19,25,28,30,38,43H,8-13,20-24,27,29H2,1-7H3,(H,57,65)(H,60,64)/t38-,43?/m0/s1. The number of hydrogen-bond donors (Lipinski definition) is 2. The Bertz CT molecular complexity index is 2670. The summed E-state index contributed by atoms with van der Waals surface area (Å²) in [6, 6.07) is 11.2. The van der Waals surface area contributed by atoms with Gasteiger partial charge in [-0.1, -0.05) is 45.0 Å². The SMILES string of the molecule is Cc1cc(N2C(=S)N(c3ccc(C#N)c(C(F)(F)F)c3F)C(=O)C2(C)C)cnc1OCCCCCOCCCOCC(=O)NC(C(=O)N1CCC[C@H]1C(=O)NCc1ccc(-c2scnc2C)cc1)C(C)(C)C. The van der Waals surface area contributed by atoms with E-state index >= 15 is 4.39 Å². The lowest BCUT2D eigenvalue weighted by Gasteiger charge is -2.35. The fourth-order valence-electron chi connectivity index (χ4n) is 8.53. The van der Waals surface area contributed by atoms with Gasteiger partial charge in [0.05, 0.1) is 51.9 Å². The molecule has 2 aromatic carbocycles. The predicted molar refractivity (Wildman–Crippen MR) is 268 cm³/mol. The molecule has 6 rings (SSSR count). The maximum absolute atomic E-state index is 15.4. The van der Waals surface area contributed by atoms with Gasteiger partial charge in [-0.25, -0.2) is 14.4 Å². The number of benzene rings is 2. The third-order valence-corrected chi connectivity index (χ3v) is 13.7. The van der Waals surface area contributed by atoms with Crippen LogP contribution < -0.4 is 25.2 Å². The Hall–Kier alpha value is -6.08. The van der Waals surface area contributed by atoms with E-state index in [1.807, 2.05) is 57.5 Å². The molecule has 2 aliphatic heterocycles. The van der Waals surface area contributed by atoms with Crippen LogP contribution in [-0.4, -0.2) is 101 Å². The molecule has 0 spiro atoms. The molecule has 2 aliphatic rings. The molecule has 2 saturated heterocycles. The van der Waals surface area contributed by atoms with Gasteiger partial charge >= 0.3 is 6.18 Å². The molecule has 72 heavy (non-hydrogen) atoms. The summed E-state index contributed by atoms with van der Waals surface area (Å²) in [5.41, 5.74) is 0.249. The zero-order valence-corrected chi connectivity index (χ0v) is 43.0. The zero-order valence-electron chi connectivity index (χ0n) is 41.4. The van der Waals surface area contributed by atoms with E-state index in [9.17, 15) is 37.6 Å². The number of alkyl halides is 3. The van der Waals surface area contributed by atoms with E-state index in [1.54, 1.807) is 29.2 Å². The fraction of sp³-hybridized carbons (Fsp3) is 0.490. The first-order chi connectivity index (χ1) is 34.1. The molecule has 2 fully saturated rings. The number of halogens is 4. The van der Waals surface area contributed by atoms with Crippen LogP contribution in [0, 0.1) is 36.4 Å². The molecule has 2 N–H and O–H groups in total. The van der Waals surface area contributed by atoms with Crippen molar-refractivity contribution in [2.24, 2.45) is 5.41 Å². The van der Waals surface area contributed by atoms with Gasteiger partial charge < -0.3 is 34.6 Å². The van der Waals surface area contributed by atoms with E-state index in [0.717, 1.165) is 46.7 Å². The van der Waals surface area contributed by atoms with E-state index in [4.69, 9.17) is 26.4 Å². The lowest BCUT2D eigenvalue weighted by molar-refractivity contribution is -0.144. The molecule has 21 heteroatoms. The predicted octanol–water partition coefficient (Wildman–Crippen LogP) is 8.58.